The first-order valence-corrected chi connectivity index (χ1v) is 8.94. The third-order valence-corrected chi connectivity index (χ3v) is 4.42. The van der Waals surface area contributed by atoms with Crippen LogP contribution in [0, 0.1) is 0 Å². The van der Waals surface area contributed by atoms with Crippen LogP contribution in [0.1, 0.15) is 17.3 Å². The van der Waals surface area contributed by atoms with Crippen molar-refractivity contribution in [1.82, 2.24) is 9.88 Å². The fourth-order valence-corrected chi connectivity index (χ4v) is 2.91. The van der Waals surface area contributed by atoms with Gasteiger partial charge in [-0.3, -0.25) is 0 Å². The normalized spacial score (nSPS) is 11.3. The van der Waals surface area contributed by atoms with E-state index < -0.39 is 0 Å². The SMILES string of the molecule is CCN(C)CCOC(=O)c1ccc2nc(-c3cc(Cl)cc(Cl)c3)oc2c1. The van der Waals surface area contributed by atoms with Crippen LogP contribution in [0.2, 0.25) is 10.0 Å². The monoisotopic (exact) mass is 392 g/mol. The summed E-state index contributed by atoms with van der Waals surface area (Å²) in [7, 11) is 1.97. The Morgan fingerprint density at radius 1 is 1.19 bits per heavy atom. The van der Waals surface area contributed by atoms with Crippen LogP contribution in [0.3, 0.4) is 0 Å². The Hall–Kier alpha value is -2.08. The third-order valence-electron chi connectivity index (χ3n) is 3.98. The van der Waals surface area contributed by atoms with Crippen LogP contribution in [0.15, 0.2) is 40.8 Å². The average Bonchev–Trinajstić information content (AvgIpc) is 3.03. The molecule has 0 saturated heterocycles. The maximum absolute atomic E-state index is 12.2. The number of fused-ring (bicyclic) bond motifs is 1. The van der Waals surface area contributed by atoms with Gasteiger partial charge in [-0.25, -0.2) is 9.78 Å². The van der Waals surface area contributed by atoms with E-state index in [-0.39, 0.29) is 5.97 Å². The number of carbonyl (C=O) groups is 1. The molecule has 0 unspecified atom stereocenters. The molecule has 3 aromatic rings. The summed E-state index contributed by atoms with van der Waals surface area (Å²) in [5.41, 5.74) is 2.23. The molecule has 0 amide bonds. The van der Waals surface area contributed by atoms with Crippen molar-refractivity contribution in [2.24, 2.45) is 0 Å². The predicted octanol–water partition coefficient (Wildman–Crippen LogP) is 4.91. The number of oxazole rings is 1. The quantitative estimate of drug-likeness (QED) is 0.557. The zero-order valence-corrected chi connectivity index (χ0v) is 16.0. The number of likely N-dealkylation sites (N-methyl/N-ethyl adjacent to an activating group) is 1. The molecule has 1 heterocycles. The number of hydrogen-bond acceptors (Lipinski definition) is 5. The smallest absolute Gasteiger partial charge is 0.338 e. The van der Waals surface area contributed by atoms with Gasteiger partial charge in [0.2, 0.25) is 5.89 Å². The molecule has 0 aliphatic heterocycles. The number of nitrogens with zero attached hydrogens (tertiary/aromatic N) is 2. The second-order valence-electron chi connectivity index (χ2n) is 5.89. The Bertz CT molecular complexity index is 919. The van der Waals surface area contributed by atoms with Crippen molar-refractivity contribution in [3.63, 3.8) is 0 Å². The Morgan fingerprint density at radius 3 is 2.62 bits per heavy atom. The first kappa shape index (κ1) is 18.7. The van der Waals surface area contributed by atoms with Gasteiger partial charge in [-0.05, 0) is 50.0 Å². The van der Waals surface area contributed by atoms with Crippen LogP contribution in [0.4, 0.5) is 0 Å². The standard InChI is InChI=1S/C19H18Cl2N2O3/c1-3-23(2)6-7-25-19(24)12-4-5-16-17(10-12)26-18(22-16)13-8-14(20)11-15(21)9-13/h4-5,8-11H,3,6-7H2,1-2H3. The summed E-state index contributed by atoms with van der Waals surface area (Å²) >= 11 is 12.1. The molecule has 0 radical (unpaired) electrons. The largest absolute Gasteiger partial charge is 0.461 e. The molecular formula is C19H18Cl2N2O3. The van der Waals surface area contributed by atoms with Crippen molar-refractivity contribution < 1.29 is 13.9 Å². The van der Waals surface area contributed by atoms with Gasteiger partial charge in [0, 0.05) is 22.2 Å². The molecule has 0 saturated carbocycles. The summed E-state index contributed by atoms with van der Waals surface area (Å²) in [6.45, 7) is 3.97. The van der Waals surface area contributed by atoms with E-state index in [1.54, 1.807) is 36.4 Å². The molecule has 7 heteroatoms. The minimum absolute atomic E-state index is 0.337. The van der Waals surface area contributed by atoms with Gasteiger partial charge in [0.05, 0.1) is 5.56 Å². The summed E-state index contributed by atoms with van der Waals surface area (Å²) < 4.78 is 11.1. The van der Waals surface area contributed by atoms with E-state index in [1.165, 1.54) is 0 Å². The molecular weight excluding hydrogens is 375 g/mol. The molecule has 1 aromatic heterocycles. The molecule has 0 fully saturated rings. The fourth-order valence-electron chi connectivity index (χ4n) is 2.39. The fraction of sp³-hybridized carbons (Fsp3) is 0.263. The third kappa shape index (κ3) is 4.36. The molecule has 0 aliphatic carbocycles. The lowest BCUT2D eigenvalue weighted by molar-refractivity contribution is 0.0475. The van der Waals surface area contributed by atoms with Gasteiger partial charge in [0.15, 0.2) is 5.58 Å². The summed E-state index contributed by atoms with van der Waals surface area (Å²) in [5, 5.41) is 0.993. The lowest BCUT2D eigenvalue weighted by atomic mass is 10.2. The second kappa shape index (κ2) is 8.08. The number of ether oxygens (including phenoxy) is 1. The number of aromatic nitrogens is 1. The zero-order valence-electron chi connectivity index (χ0n) is 14.5. The van der Waals surface area contributed by atoms with E-state index in [0.29, 0.717) is 51.3 Å². The van der Waals surface area contributed by atoms with E-state index in [2.05, 4.69) is 9.88 Å². The lowest BCUT2D eigenvalue weighted by Crippen LogP contribution is -2.23. The molecule has 0 atom stereocenters. The van der Waals surface area contributed by atoms with E-state index in [1.807, 2.05) is 14.0 Å². The van der Waals surface area contributed by atoms with Crippen LogP contribution in [-0.2, 0) is 4.74 Å². The molecule has 0 spiro atoms. The first-order valence-electron chi connectivity index (χ1n) is 8.19. The van der Waals surface area contributed by atoms with E-state index >= 15 is 0 Å². The predicted molar refractivity (Wildman–Crippen MR) is 103 cm³/mol. The van der Waals surface area contributed by atoms with Gasteiger partial charge in [-0.1, -0.05) is 30.1 Å². The number of benzene rings is 2. The van der Waals surface area contributed by atoms with Crippen molar-refractivity contribution in [3.05, 3.63) is 52.0 Å². The van der Waals surface area contributed by atoms with Crippen molar-refractivity contribution >= 4 is 40.3 Å². The highest BCUT2D eigenvalue weighted by atomic mass is 35.5. The summed E-state index contributed by atoms with van der Waals surface area (Å²) in [5.74, 6) is -0.000332. The highest BCUT2D eigenvalue weighted by Crippen LogP contribution is 2.29. The van der Waals surface area contributed by atoms with Crippen molar-refractivity contribution in [2.45, 2.75) is 6.92 Å². The number of esters is 1. The topological polar surface area (TPSA) is 55.6 Å². The number of hydrogen-bond donors (Lipinski definition) is 0. The highest BCUT2D eigenvalue weighted by Gasteiger charge is 2.14. The van der Waals surface area contributed by atoms with Crippen LogP contribution in [0.5, 0.6) is 0 Å². The minimum Gasteiger partial charge on any atom is -0.461 e. The minimum atomic E-state index is -0.389. The Labute approximate surface area is 161 Å². The molecule has 5 nitrogen and oxygen atoms in total. The van der Waals surface area contributed by atoms with Crippen molar-refractivity contribution in [1.29, 1.82) is 0 Å². The number of carbonyl (C=O) groups excluding carboxylic acids is 1. The molecule has 2 aromatic carbocycles. The van der Waals surface area contributed by atoms with Gasteiger partial charge in [0.25, 0.3) is 0 Å². The van der Waals surface area contributed by atoms with E-state index in [9.17, 15) is 4.79 Å². The molecule has 0 bridgehead atoms. The molecule has 136 valence electrons. The van der Waals surface area contributed by atoms with Gasteiger partial charge in [0.1, 0.15) is 12.1 Å². The number of rotatable bonds is 6. The van der Waals surface area contributed by atoms with Crippen LogP contribution < -0.4 is 0 Å². The van der Waals surface area contributed by atoms with Gasteiger partial charge >= 0.3 is 5.97 Å². The molecule has 26 heavy (non-hydrogen) atoms. The van der Waals surface area contributed by atoms with Crippen LogP contribution in [0.25, 0.3) is 22.6 Å². The van der Waals surface area contributed by atoms with Crippen LogP contribution in [-0.4, -0.2) is 42.6 Å². The lowest BCUT2D eigenvalue weighted by Gasteiger charge is -2.13. The summed E-state index contributed by atoms with van der Waals surface area (Å²) in [6, 6.07) is 10.1. The first-order chi connectivity index (χ1) is 12.5. The summed E-state index contributed by atoms with van der Waals surface area (Å²) in [4.78, 5) is 18.7. The Morgan fingerprint density at radius 2 is 1.92 bits per heavy atom. The van der Waals surface area contributed by atoms with E-state index in [0.717, 1.165) is 6.54 Å². The maximum Gasteiger partial charge on any atom is 0.338 e. The van der Waals surface area contributed by atoms with Gasteiger partial charge in [-0.2, -0.15) is 0 Å². The molecule has 3 rings (SSSR count). The average molecular weight is 393 g/mol. The van der Waals surface area contributed by atoms with E-state index in [4.69, 9.17) is 32.4 Å². The Kier molecular flexibility index (Phi) is 5.81. The van der Waals surface area contributed by atoms with Crippen molar-refractivity contribution in [2.75, 3.05) is 26.7 Å². The second-order valence-corrected chi connectivity index (χ2v) is 6.76. The maximum atomic E-state index is 12.2. The Balaban J connectivity index is 1.80. The van der Waals surface area contributed by atoms with Gasteiger partial charge in [-0.15, -0.1) is 0 Å². The zero-order chi connectivity index (χ0) is 18.7. The summed E-state index contributed by atoms with van der Waals surface area (Å²) in [6.07, 6.45) is 0. The molecule has 0 aliphatic rings. The highest BCUT2D eigenvalue weighted by molar-refractivity contribution is 6.35. The molecule has 0 N–H and O–H groups in total. The number of halogens is 2. The van der Waals surface area contributed by atoms with Crippen LogP contribution >= 0.6 is 23.2 Å². The van der Waals surface area contributed by atoms with Crippen molar-refractivity contribution in [3.8, 4) is 11.5 Å². The van der Waals surface area contributed by atoms with Gasteiger partial charge < -0.3 is 14.1 Å².